The molecule has 1 aromatic rings. The molecule has 1 heterocycles. The van der Waals surface area contributed by atoms with E-state index in [0.717, 1.165) is 18.6 Å². The number of hydrazine groups is 1. The summed E-state index contributed by atoms with van der Waals surface area (Å²) < 4.78 is 37.1. The molecule has 98 valence electrons. The van der Waals surface area contributed by atoms with Gasteiger partial charge in [0.15, 0.2) is 0 Å². The minimum Gasteiger partial charge on any atom is -0.274 e. The molecule has 1 N–H and O–H groups in total. The second kappa shape index (κ2) is 4.97. The minimum atomic E-state index is -4.32. The van der Waals surface area contributed by atoms with E-state index in [4.69, 9.17) is 0 Å². The van der Waals surface area contributed by atoms with E-state index in [-0.39, 0.29) is 12.5 Å². The standard InChI is InChI=1S/C12H13F3N2O/c13-12(14,15)10-5-3-9(4-6-10)8-17-11(18)2-1-7-16-17/h3-6,16H,1-2,7-8H2. The van der Waals surface area contributed by atoms with E-state index in [0.29, 0.717) is 18.5 Å². The zero-order valence-electron chi connectivity index (χ0n) is 9.63. The molecule has 1 aromatic carbocycles. The molecule has 0 spiro atoms. The summed E-state index contributed by atoms with van der Waals surface area (Å²) in [4.78, 5) is 11.5. The van der Waals surface area contributed by atoms with Crippen LogP contribution in [-0.2, 0) is 17.5 Å². The summed E-state index contributed by atoms with van der Waals surface area (Å²) >= 11 is 0. The minimum absolute atomic E-state index is 0.0267. The van der Waals surface area contributed by atoms with Crippen molar-refractivity contribution in [1.82, 2.24) is 10.4 Å². The van der Waals surface area contributed by atoms with Gasteiger partial charge in [0, 0.05) is 13.0 Å². The van der Waals surface area contributed by atoms with Gasteiger partial charge in [-0.3, -0.25) is 9.80 Å². The van der Waals surface area contributed by atoms with Gasteiger partial charge < -0.3 is 0 Å². The molecule has 1 aliphatic rings. The number of nitrogens with one attached hydrogen (secondary N) is 1. The van der Waals surface area contributed by atoms with Crippen LogP contribution in [-0.4, -0.2) is 17.5 Å². The number of nitrogens with zero attached hydrogens (tertiary/aromatic N) is 1. The van der Waals surface area contributed by atoms with Crippen LogP contribution in [0, 0.1) is 0 Å². The molecule has 1 amide bonds. The molecule has 6 heteroatoms. The first-order chi connectivity index (χ1) is 8.47. The van der Waals surface area contributed by atoms with Gasteiger partial charge in [-0.1, -0.05) is 12.1 Å². The fourth-order valence-corrected chi connectivity index (χ4v) is 1.80. The topological polar surface area (TPSA) is 32.3 Å². The third-order valence-corrected chi connectivity index (χ3v) is 2.79. The molecule has 0 aliphatic carbocycles. The van der Waals surface area contributed by atoms with Crippen molar-refractivity contribution in [3.8, 4) is 0 Å². The van der Waals surface area contributed by atoms with Crippen molar-refractivity contribution in [2.45, 2.75) is 25.6 Å². The van der Waals surface area contributed by atoms with Crippen LogP contribution in [0.3, 0.4) is 0 Å². The van der Waals surface area contributed by atoms with Gasteiger partial charge in [-0.2, -0.15) is 13.2 Å². The fourth-order valence-electron chi connectivity index (χ4n) is 1.80. The maximum Gasteiger partial charge on any atom is 0.416 e. The third-order valence-electron chi connectivity index (χ3n) is 2.79. The summed E-state index contributed by atoms with van der Waals surface area (Å²) in [5.74, 6) is -0.0267. The highest BCUT2D eigenvalue weighted by molar-refractivity contribution is 5.76. The smallest absolute Gasteiger partial charge is 0.274 e. The van der Waals surface area contributed by atoms with Crippen LogP contribution in [0.2, 0.25) is 0 Å². The molecule has 3 nitrogen and oxygen atoms in total. The lowest BCUT2D eigenvalue weighted by molar-refractivity contribution is -0.138. The van der Waals surface area contributed by atoms with E-state index >= 15 is 0 Å². The van der Waals surface area contributed by atoms with Crippen molar-refractivity contribution in [3.05, 3.63) is 35.4 Å². The van der Waals surface area contributed by atoms with Crippen LogP contribution in [0.1, 0.15) is 24.0 Å². The van der Waals surface area contributed by atoms with Crippen LogP contribution in [0.25, 0.3) is 0 Å². The Kier molecular flexibility index (Phi) is 3.56. The number of carbonyl (C=O) groups excluding carboxylic acids is 1. The lowest BCUT2D eigenvalue weighted by atomic mass is 10.1. The highest BCUT2D eigenvalue weighted by Gasteiger charge is 2.30. The molecule has 0 saturated carbocycles. The normalized spacial score (nSPS) is 17.1. The number of rotatable bonds is 2. The van der Waals surface area contributed by atoms with E-state index in [1.54, 1.807) is 0 Å². The van der Waals surface area contributed by atoms with Gasteiger partial charge >= 0.3 is 6.18 Å². The van der Waals surface area contributed by atoms with Crippen LogP contribution >= 0.6 is 0 Å². The zero-order chi connectivity index (χ0) is 13.2. The van der Waals surface area contributed by atoms with Gasteiger partial charge in [0.1, 0.15) is 0 Å². The van der Waals surface area contributed by atoms with Gasteiger partial charge in [-0.15, -0.1) is 0 Å². The molecule has 1 saturated heterocycles. The molecule has 0 radical (unpaired) electrons. The van der Waals surface area contributed by atoms with Gasteiger partial charge in [0.2, 0.25) is 5.91 Å². The third kappa shape index (κ3) is 3.01. The van der Waals surface area contributed by atoms with Gasteiger partial charge in [0.25, 0.3) is 0 Å². The van der Waals surface area contributed by atoms with E-state index < -0.39 is 11.7 Å². The van der Waals surface area contributed by atoms with Crippen molar-refractivity contribution in [2.24, 2.45) is 0 Å². The SMILES string of the molecule is O=C1CCCNN1Cc1ccc(C(F)(F)F)cc1. The van der Waals surface area contributed by atoms with E-state index in [1.165, 1.54) is 17.1 Å². The van der Waals surface area contributed by atoms with Crippen molar-refractivity contribution >= 4 is 5.91 Å². The van der Waals surface area contributed by atoms with E-state index in [2.05, 4.69) is 5.43 Å². The second-order valence-corrected chi connectivity index (χ2v) is 4.19. The van der Waals surface area contributed by atoms with E-state index in [1.807, 2.05) is 0 Å². The molecule has 0 unspecified atom stereocenters. The van der Waals surface area contributed by atoms with Gasteiger partial charge in [-0.25, -0.2) is 5.43 Å². The molecule has 18 heavy (non-hydrogen) atoms. The van der Waals surface area contributed by atoms with Crippen molar-refractivity contribution in [1.29, 1.82) is 0 Å². The summed E-state index contributed by atoms with van der Waals surface area (Å²) in [6.45, 7) is 1.00. The van der Waals surface area contributed by atoms with Crippen LogP contribution in [0.15, 0.2) is 24.3 Å². The first-order valence-electron chi connectivity index (χ1n) is 5.67. The van der Waals surface area contributed by atoms with Crippen LogP contribution in [0.5, 0.6) is 0 Å². The van der Waals surface area contributed by atoms with Gasteiger partial charge in [-0.05, 0) is 24.1 Å². The highest BCUT2D eigenvalue weighted by atomic mass is 19.4. The molecule has 0 bridgehead atoms. The Balaban J connectivity index is 2.04. The maximum absolute atomic E-state index is 12.4. The monoisotopic (exact) mass is 258 g/mol. The number of benzene rings is 1. The number of hydrogen-bond acceptors (Lipinski definition) is 2. The van der Waals surface area contributed by atoms with Crippen molar-refractivity contribution in [2.75, 3.05) is 6.54 Å². The average molecular weight is 258 g/mol. The second-order valence-electron chi connectivity index (χ2n) is 4.19. The molecule has 1 aliphatic heterocycles. The zero-order valence-corrected chi connectivity index (χ0v) is 9.63. The Morgan fingerprint density at radius 1 is 1.22 bits per heavy atom. The summed E-state index contributed by atoms with van der Waals surface area (Å²) in [5, 5.41) is 1.45. The van der Waals surface area contributed by atoms with Crippen molar-refractivity contribution < 1.29 is 18.0 Å². The average Bonchev–Trinajstić information content (AvgIpc) is 2.32. The Morgan fingerprint density at radius 3 is 2.44 bits per heavy atom. The number of carbonyl (C=O) groups is 1. The number of amides is 1. The quantitative estimate of drug-likeness (QED) is 0.883. The molecule has 2 rings (SSSR count). The number of hydrogen-bond donors (Lipinski definition) is 1. The summed E-state index contributed by atoms with van der Waals surface area (Å²) in [6, 6.07) is 4.85. The summed E-state index contributed by atoms with van der Waals surface area (Å²) in [5.41, 5.74) is 2.92. The van der Waals surface area contributed by atoms with Gasteiger partial charge in [0.05, 0.1) is 12.1 Å². The van der Waals surface area contributed by atoms with Crippen LogP contribution in [0.4, 0.5) is 13.2 Å². The highest BCUT2D eigenvalue weighted by Crippen LogP contribution is 2.29. The Bertz CT molecular complexity index is 428. The summed E-state index contributed by atoms with van der Waals surface area (Å²) in [6.07, 6.45) is -3.05. The largest absolute Gasteiger partial charge is 0.416 e. The Hall–Kier alpha value is -1.56. The van der Waals surface area contributed by atoms with Crippen LogP contribution < -0.4 is 5.43 Å². The van der Waals surface area contributed by atoms with Crippen molar-refractivity contribution in [3.63, 3.8) is 0 Å². The summed E-state index contributed by atoms with van der Waals surface area (Å²) in [7, 11) is 0. The molecular weight excluding hydrogens is 245 g/mol. The first-order valence-corrected chi connectivity index (χ1v) is 5.67. The Labute approximate surface area is 103 Å². The first kappa shape index (κ1) is 12.9. The predicted molar refractivity (Wildman–Crippen MR) is 59.2 cm³/mol. The molecule has 0 atom stereocenters. The van der Waals surface area contributed by atoms with E-state index in [9.17, 15) is 18.0 Å². The molecule has 0 aromatic heterocycles. The lowest BCUT2D eigenvalue weighted by Gasteiger charge is -2.27. The maximum atomic E-state index is 12.4. The number of alkyl halides is 3. The lowest BCUT2D eigenvalue weighted by Crippen LogP contribution is -2.46. The predicted octanol–water partition coefficient (Wildman–Crippen LogP) is 2.33. The molecular formula is C12H13F3N2O. The Morgan fingerprint density at radius 2 is 1.89 bits per heavy atom. The molecule has 1 fully saturated rings. The number of halogens is 3. The fraction of sp³-hybridized carbons (Fsp3) is 0.417.